The van der Waals surface area contributed by atoms with E-state index in [2.05, 4.69) is 15.0 Å². The molecule has 1 aromatic heterocycles. The molecule has 1 heterocycles. The molecule has 6 heteroatoms. The second-order valence-corrected chi connectivity index (χ2v) is 6.64. The fourth-order valence-corrected chi connectivity index (χ4v) is 3.40. The molecule has 0 spiro atoms. The number of carbonyl (C=O) groups excluding carboxylic acids is 2. The van der Waals surface area contributed by atoms with Gasteiger partial charge < -0.3 is 15.2 Å². The molecule has 136 valence electrons. The van der Waals surface area contributed by atoms with E-state index in [0.717, 1.165) is 29.3 Å². The van der Waals surface area contributed by atoms with Crippen molar-refractivity contribution in [2.45, 2.75) is 18.3 Å². The van der Waals surface area contributed by atoms with Crippen molar-refractivity contribution in [3.63, 3.8) is 0 Å². The Kier molecular flexibility index (Phi) is 4.03. The van der Waals surface area contributed by atoms with Crippen LogP contribution in [0.3, 0.4) is 0 Å². The van der Waals surface area contributed by atoms with Gasteiger partial charge in [0.1, 0.15) is 11.3 Å². The Morgan fingerprint density at radius 1 is 1.15 bits per heavy atom. The highest BCUT2D eigenvalue weighted by atomic mass is 16.5. The lowest BCUT2D eigenvalue weighted by atomic mass is 9.91. The van der Waals surface area contributed by atoms with Gasteiger partial charge in [-0.3, -0.25) is 9.78 Å². The number of phenols is 1. The van der Waals surface area contributed by atoms with Gasteiger partial charge in [-0.2, -0.15) is 0 Å². The van der Waals surface area contributed by atoms with Gasteiger partial charge in [0.05, 0.1) is 18.0 Å². The smallest absolute Gasteiger partial charge is 0.341 e. The van der Waals surface area contributed by atoms with Gasteiger partial charge in [-0.1, -0.05) is 18.2 Å². The molecule has 0 unspecified atom stereocenters. The number of carbonyl (C=O) groups is 2. The molecule has 6 nitrogen and oxygen atoms in total. The van der Waals surface area contributed by atoms with E-state index in [1.54, 1.807) is 12.3 Å². The van der Waals surface area contributed by atoms with Crippen molar-refractivity contribution >= 4 is 28.5 Å². The van der Waals surface area contributed by atoms with E-state index in [9.17, 15) is 14.7 Å². The molecule has 4 rings (SSSR count). The number of nitrogens with one attached hydrogen (secondary N) is 1. The van der Waals surface area contributed by atoms with Crippen LogP contribution in [0.2, 0.25) is 0 Å². The predicted octanol–water partition coefficient (Wildman–Crippen LogP) is 3.40. The van der Waals surface area contributed by atoms with Crippen LogP contribution in [-0.2, 0) is 14.9 Å². The number of benzene rings is 2. The van der Waals surface area contributed by atoms with E-state index in [0.29, 0.717) is 5.69 Å². The number of rotatable bonds is 4. The van der Waals surface area contributed by atoms with Gasteiger partial charge in [-0.25, -0.2) is 4.79 Å². The first kappa shape index (κ1) is 17.0. The molecule has 1 aliphatic carbocycles. The Labute approximate surface area is 155 Å². The number of anilines is 1. The topological polar surface area (TPSA) is 88.5 Å². The van der Waals surface area contributed by atoms with Crippen molar-refractivity contribution in [1.82, 2.24) is 4.98 Å². The minimum Gasteiger partial charge on any atom is -0.507 e. The maximum atomic E-state index is 13.0. The van der Waals surface area contributed by atoms with E-state index in [-0.39, 0.29) is 17.2 Å². The van der Waals surface area contributed by atoms with Crippen LogP contribution in [0.1, 0.15) is 28.8 Å². The molecule has 0 bridgehead atoms. The Morgan fingerprint density at radius 2 is 1.93 bits per heavy atom. The van der Waals surface area contributed by atoms with Crippen LogP contribution in [0.4, 0.5) is 5.69 Å². The van der Waals surface area contributed by atoms with Crippen LogP contribution in [0, 0.1) is 0 Å². The number of hydrogen-bond donors (Lipinski definition) is 2. The van der Waals surface area contributed by atoms with Crippen molar-refractivity contribution < 1.29 is 19.4 Å². The van der Waals surface area contributed by atoms with Crippen LogP contribution >= 0.6 is 0 Å². The number of phenolic OH excluding ortho intramolecular Hbond substituents is 1. The second kappa shape index (κ2) is 6.39. The summed E-state index contributed by atoms with van der Waals surface area (Å²) in [5, 5.41) is 13.9. The van der Waals surface area contributed by atoms with Crippen molar-refractivity contribution in [1.29, 1.82) is 0 Å². The molecule has 0 aliphatic heterocycles. The zero-order chi connectivity index (χ0) is 19.0. The minimum atomic E-state index is -0.632. The Bertz CT molecular complexity index is 1050. The molecule has 1 fully saturated rings. The summed E-state index contributed by atoms with van der Waals surface area (Å²) in [6.45, 7) is 0. The summed E-state index contributed by atoms with van der Waals surface area (Å²) in [4.78, 5) is 29.0. The van der Waals surface area contributed by atoms with Gasteiger partial charge in [0.15, 0.2) is 0 Å². The van der Waals surface area contributed by atoms with Gasteiger partial charge in [-0.15, -0.1) is 0 Å². The molecule has 1 aliphatic rings. The SMILES string of the molecule is COC(=O)c1ccc(NC(=O)C2(c3ccnc4ccccc34)CC2)cc1O. The van der Waals surface area contributed by atoms with Gasteiger partial charge in [0.25, 0.3) is 0 Å². The van der Waals surface area contributed by atoms with Crippen LogP contribution < -0.4 is 5.32 Å². The summed E-state index contributed by atoms with van der Waals surface area (Å²) in [5.74, 6) is -1.00. The summed E-state index contributed by atoms with van der Waals surface area (Å²) in [7, 11) is 1.24. The lowest BCUT2D eigenvalue weighted by molar-refractivity contribution is -0.118. The standard InChI is InChI=1S/C21H18N2O4/c1-27-19(25)15-7-6-13(12-18(15)24)23-20(26)21(9-10-21)16-8-11-22-17-5-3-2-4-14(16)17/h2-8,11-12,24H,9-10H2,1H3,(H,23,26). The molecule has 0 atom stereocenters. The average molecular weight is 362 g/mol. The Balaban J connectivity index is 1.63. The molecule has 27 heavy (non-hydrogen) atoms. The molecule has 1 amide bonds. The molecule has 2 N–H and O–H groups in total. The molecular formula is C21H18N2O4. The third kappa shape index (κ3) is 2.89. The monoisotopic (exact) mass is 362 g/mol. The molecule has 0 saturated heterocycles. The number of methoxy groups -OCH3 is 1. The molecule has 1 saturated carbocycles. The van der Waals surface area contributed by atoms with E-state index >= 15 is 0 Å². The molecular weight excluding hydrogens is 344 g/mol. The summed E-state index contributed by atoms with van der Waals surface area (Å²) in [6.07, 6.45) is 3.22. The van der Waals surface area contributed by atoms with Crippen molar-refractivity contribution in [2.75, 3.05) is 12.4 Å². The van der Waals surface area contributed by atoms with Crippen LogP contribution in [0.15, 0.2) is 54.7 Å². The van der Waals surface area contributed by atoms with Crippen molar-refractivity contribution in [3.05, 3.63) is 65.9 Å². The third-order valence-electron chi connectivity index (χ3n) is 5.01. The second-order valence-electron chi connectivity index (χ2n) is 6.64. The number of fused-ring (bicyclic) bond motifs is 1. The fraction of sp³-hybridized carbons (Fsp3) is 0.190. The number of pyridine rings is 1. The van der Waals surface area contributed by atoms with Gasteiger partial charge >= 0.3 is 5.97 Å². The van der Waals surface area contributed by atoms with E-state index < -0.39 is 11.4 Å². The lowest BCUT2D eigenvalue weighted by Crippen LogP contribution is -2.28. The van der Waals surface area contributed by atoms with Crippen LogP contribution in [-0.4, -0.2) is 29.1 Å². The predicted molar refractivity (Wildman–Crippen MR) is 101 cm³/mol. The van der Waals surface area contributed by atoms with Gasteiger partial charge in [-0.05, 0) is 42.7 Å². The summed E-state index contributed by atoms with van der Waals surface area (Å²) in [5.41, 5.74) is 1.70. The van der Waals surface area contributed by atoms with E-state index in [4.69, 9.17) is 0 Å². The number of aromatic nitrogens is 1. The number of amides is 1. The molecule has 0 radical (unpaired) electrons. The Morgan fingerprint density at radius 3 is 2.63 bits per heavy atom. The maximum absolute atomic E-state index is 13.0. The maximum Gasteiger partial charge on any atom is 0.341 e. The lowest BCUT2D eigenvalue weighted by Gasteiger charge is -2.18. The summed E-state index contributed by atoms with van der Waals surface area (Å²) in [6, 6.07) is 14.0. The fourth-order valence-electron chi connectivity index (χ4n) is 3.40. The highest BCUT2D eigenvalue weighted by molar-refractivity contribution is 6.04. The number of aromatic hydroxyl groups is 1. The third-order valence-corrected chi connectivity index (χ3v) is 5.01. The number of nitrogens with zero attached hydrogens (tertiary/aromatic N) is 1. The molecule has 3 aromatic rings. The van der Waals surface area contributed by atoms with Gasteiger partial charge in [0, 0.05) is 23.3 Å². The number of esters is 1. The number of ether oxygens (including phenoxy) is 1. The summed E-state index contributed by atoms with van der Waals surface area (Å²) < 4.78 is 4.61. The van der Waals surface area contributed by atoms with Crippen LogP contribution in [0.5, 0.6) is 5.75 Å². The van der Waals surface area contributed by atoms with Gasteiger partial charge in [0.2, 0.25) is 5.91 Å². The number of para-hydroxylation sites is 1. The summed E-state index contributed by atoms with van der Waals surface area (Å²) >= 11 is 0. The quantitative estimate of drug-likeness (QED) is 0.695. The van der Waals surface area contributed by atoms with E-state index in [1.165, 1.54) is 19.2 Å². The van der Waals surface area contributed by atoms with E-state index in [1.807, 2.05) is 30.3 Å². The average Bonchev–Trinajstić information content (AvgIpc) is 3.49. The van der Waals surface area contributed by atoms with Crippen molar-refractivity contribution in [2.24, 2.45) is 0 Å². The number of hydrogen-bond acceptors (Lipinski definition) is 5. The normalized spacial score (nSPS) is 14.6. The zero-order valence-electron chi connectivity index (χ0n) is 14.7. The minimum absolute atomic E-state index is 0.0526. The first-order valence-corrected chi connectivity index (χ1v) is 8.62. The zero-order valence-corrected chi connectivity index (χ0v) is 14.7. The van der Waals surface area contributed by atoms with Crippen LogP contribution in [0.25, 0.3) is 10.9 Å². The molecule has 2 aromatic carbocycles. The highest BCUT2D eigenvalue weighted by Gasteiger charge is 2.52. The highest BCUT2D eigenvalue weighted by Crippen LogP contribution is 2.50. The van der Waals surface area contributed by atoms with Crippen molar-refractivity contribution in [3.8, 4) is 5.75 Å². The first-order valence-electron chi connectivity index (χ1n) is 8.62. The first-order chi connectivity index (χ1) is 13.0. The largest absolute Gasteiger partial charge is 0.507 e. The Hall–Kier alpha value is -3.41.